The second kappa shape index (κ2) is 5.64. The summed E-state index contributed by atoms with van der Waals surface area (Å²) in [6.45, 7) is 3.52. The number of carbonyl (C=O) groups is 1. The highest BCUT2D eigenvalue weighted by Gasteiger charge is 2.35. The molecule has 0 saturated carbocycles. The molecule has 1 aromatic rings. The Balaban J connectivity index is 2.28. The maximum Gasteiger partial charge on any atom is 0.418 e. The molecule has 1 heterocycles. The van der Waals surface area contributed by atoms with Crippen LogP contribution in [0.2, 0.25) is 0 Å². The number of hydrazone groups is 1. The normalized spacial score (nSPS) is 16.9. The number of nitrogens with two attached hydrogens (primary N) is 1. The molecule has 0 aromatic heterocycles. The summed E-state index contributed by atoms with van der Waals surface area (Å²) < 4.78 is 38.5. The number of carbonyl (C=O) groups excluding carboxylic acids is 1. The fraction of sp³-hybridized carbons (Fsp3) is 0.0833. The zero-order chi connectivity index (χ0) is 16.5. The van der Waals surface area contributed by atoms with Gasteiger partial charge in [-0.15, -0.1) is 0 Å². The monoisotopic (exact) mass is 329 g/mol. The number of nitrogens with zero attached hydrogens (tertiary/aromatic N) is 2. The Morgan fingerprint density at radius 2 is 2.05 bits per heavy atom. The van der Waals surface area contributed by atoms with Gasteiger partial charge in [-0.2, -0.15) is 23.3 Å². The number of alkyl halides is 3. The number of nitrogens with one attached hydrogen (secondary N) is 2. The van der Waals surface area contributed by atoms with E-state index in [-0.39, 0.29) is 22.2 Å². The first-order chi connectivity index (χ1) is 10.2. The van der Waals surface area contributed by atoms with Gasteiger partial charge in [0.2, 0.25) is 0 Å². The number of hydrogen-bond donors (Lipinski definition) is 3. The molecular weight excluding hydrogens is 319 g/mol. The van der Waals surface area contributed by atoms with Crippen LogP contribution in [-0.4, -0.2) is 21.7 Å². The Morgan fingerprint density at radius 1 is 1.41 bits per heavy atom. The van der Waals surface area contributed by atoms with Gasteiger partial charge in [-0.05, 0) is 24.4 Å². The number of halogens is 3. The van der Waals surface area contributed by atoms with Gasteiger partial charge in [0, 0.05) is 0 Å². The first kappa shape index (κ1) is 15.8. The van der Waals surface area contributed by atoms with Gasteiger partial charge in [-0.25, -0.2) is 0 Å². The topological polar surface area (TPSA) is 82.8 Å². The number of thiocarbonyl (C=S) groups is 1. The van der Waals surface area contributed by atoms with E-state index in [1.807, 2.05) is 0 Å². The van der Waals surface area contributed by atoms with Crippen molar-refractivity contribution < 1.29 is 18.0 Å². The smallest absolute Gasteiger partial charge is 0.374 e. The van der Waals surface area contributed by atoms with Crippen LogP contribution in [0.3, 0.4) is 0 Å². The molecule has 1 amide bonds. The summed E-state index contributed by atoms with van der Waals surface area (Å²) in [7, 11) is 0. The average molecular weight is 329 g/mol. The van der Waals surface area contributed by atoms with Crippen LogP contribution in [0.4, 0.5) is 18.9 Å². The maximum absolute atomic E-state index is 12.8. The lowest BCUT2D eigenvalue weighted by molar-refractivity contribution is -0.137. The molecule has 0 atom stereocenters. The Morgan fingerprint density at radius 3 is 2.59 bits per heavy atom. The van der Waals surface area contributed by atoms with Crippen molar-refractivity contribution in [3.05, 3.63) is 42.1 Å². The van der Waals surface area contributed by atoms with E-state index in [4.69, 9.17) is 5.73 Å². The summed E-state index contributed by atoms with van der Waals surface area (Å²) in [5.41, 5.74) is 8.64. The van der Waals surface area contributed by atoms with Gasteiger partial charge in [-0.1, -0.05) is 18.7 Å². The minimum Gasteiger partial charge on any atom is -0.374 e. The largest absolute Gasteiger partial charge is 0.418 e. The summed E-state index contributed by atoms with van der Waals surface area (Å²) in [6, 6.07) is 4.74. The number of para-hydroxylation sites is 1. The summed E-state index contributed by atoms with van der Waals surface area (Å²) in [6.07, 6.45) is -4.55. The molecule has 1 aromatic carbocycles. The van der Waals surface area contributed by atoms with Crippen LogP contribution < -0.4 is 16.6 Å². The van der Waals surface area contributed by atoms with E-state index in [1.165, 1.54) is 18.2 Å². The van der Waals surface area contributed by atoms with Crippen molar-refractivity contribution in [1.82, 2.24) is 10.4 Å². The van der Waals surface area contributed by atoms with E-state index in [1.54, 1.807) is 0 Å². The van der Waals surface area contributed by atoms with Crippen LogP contribution in [0.5, 0.6) is 0 Å². The summed E-state index contributed by atoms with van der Waals surface area (Å²) in [5.74, 6) is -0.713. The number of anilines is 1. The third kappa shape index (κ3) is 3.01. The number of hydrazine groups is 1. The SMILES string of the molecule is C=C1NN(C(N)=S)C(=O)/C1=N/Nc1ccccc1C(F)(F)F. The Hall–Kier alpha value is -2.62. The molecule has 1 saturated heterocycles. The third-order valence-electron chi connectivity index (χ3n) is 2.68. The lowest BCUT2D eigenvalue weighted by atomic mass is 10.2. The van der Waals surface area contributed by atoms with Crippen molar-refractivity contribution in [1.29, 1.82) is 0 Å². The van der Waals surface area contributed by atoms with Gasteiger partial charge in [0.05, 0.1) is 16.9 Å². The molecule has 1 aliphatic heterocycles. The van der Waals surface area contributed by atoms with Crippen LogP contribution in [0.1, 0.15) is 5.56 Å². The summed E-state index contributed by atoms with van der Waals surface area (Å²) in [4.78, 5) is 11.9. The minimum absolute atomic E-state index is 0.0646. The molecular formula is C12H10F3N5OS. The highest BCUT2D eigenvalue weighted by atomic mass is 32.1. The molecule has 4 N–H and O–H groups in total. The van der Waals surface area contributed by atoms with Crippen molar-refractivity contribution in [3.8, 4) is 0 Å². The van der Waals surface area contributed by atoms with E-state index in [2.05, 4.69) is 34.7 Å². The number of amides is 1. The maximum atomic E-state index is 12.8. The zero-order valence-corrected chi connectivity index (χ0v) is 11.8. The average Bonchev–Trinajstić information content (AvgIpc) is 2.71. The van der Waals surface area contributed by atoms with E-state index in [9.17, 15) is 18.0 Å². The number of hydrogen-bond acceptors (Lipinski definition) is 5. The fourth-order valence-corrected chi connectivity index (χ4v) is 1.82. The molecule has 2 rings (SSSR count). The Bertz CT molecular complexity index is 686. The van der Waals surface area contributed by atoms with Crippen molar-refractivity contribution >= 4 is 34.6 Å². The predicted octanol–water partition coefficient (Wildman–Crippen LogP) is 1.58. The minimum atomic E-state index is -4.55. The second-order valence-corrected chi connectivity index (χ2v) is 4.60. The van der Waals surface area contributed by atoms with E-state index >= 15 is 0 Å². The second-order valence-electron chi connectivity index (χ2n) is 4.18. The van der Waals surface area contributed by atoms with Gasteiger partial charge < -0.3 is 5.73 Å². The van der Waals surface area contributed by atoms with Crippen LogP contribution in [0, 0.1) is 0 Å². The molecule has 10 heteroatoms. The molecule has 0 radical (unpaired) electrons. The highest BCUT2D eigenvalue weighted by molar-refractivity contribution is 7.80. The molecule has 22 heavy (non-hydrogen) atoms. The van der Waals surface area contributed by atoms with Gasteiger partial charge in [-0.3, -0.25) is 15.6 Å². The van der Waals surface area contributed by atoms with Gasteiger partial charge in [0.1, 0.15) is 0 Å². The highest BCUT2D eigenvalue weighted by Crippen LogP contribution is 2.34. The van der Waals surface area contributed by atoms with E-state index in [0.717, 1.165) is 11.1 Å². The lowest BCUT2D eigenvalue weighted by Gasteiger charge is -2.12. The lowest BCUT2D eigenvalue weighted by Crippen LogP contribution is -2.43. The fourth-order valence-electron chi connectivity index (χ4n) is 1.69. The quantitative estimate of drug-likeness (QED) is 0.567. The standard InChI is InChI=1S/C12H10F3N5OS/c1-6-9(10(21)20(19-6)11(16)22)18-17-8-5-3-2-4-7(8)12(13,14)15/h2-5,17,19H,1H2,(H2,16,22)/b18-9+. The van der Waals surface area contributed by atoms with Crippen molar-refractivity contribution in [2.45, 2.75) is 6.18 Å². The van der Waals surface area contributed by atoms with Crippen LogP contribution in [-0.2, 0) is 11.0 Å². The zero-order valence-electron chi connectivity index (χ0n) is 10.9. The van der Waals surface area contributed by atoms with E-state index < -0.39 is 17.6 Å². The van der Waals surface area contributed by atoms with E-state index in [0.29, 0.717) is 0 Å². The number of benzene rings is 1. The van der Waals surface area contributed by atoms with Gasteiger partial charge in [0.25, 0.3) is 0 Å². The van der Waals surface area contributed by atoms with Gasteiger partial charge >= 0.3 is 12.1 Å². The summed E-state index contributed by atoms with van der Waals surface area (Å²) >= 11 is 4.64. The van der Waals surface area contributed by atoms with Crippen molar-refractivity contribution in [3.63, 3.8) is 0 Å². The number of rotatable bonds is 2. The van der Waals surface area contributed by atoms with Crippen molar-refractivity contribution in [2.75, 3.05) is 5.43 Å². The van der Waals surface area contributed by atoms with Crippen molar-refractivity contribution in [2.24, 2.45) is 10.8 Å². The molecule has 0 bridgehead atoms. The third-order valence-corrected chi connectivity index (χ3v) is 2.86. The molecule has 1 aliphatic rings. The van der Waals surface area contributed by atoms with Crippen LogP contribution in [0.25, 0.3) is 0 Å². The molecule has 0 unspecified atom stereocenters. The molecule has 0 aliphatic carbocycles. The summed E-state index contributed by atoms with van der Waals surface area (Å²) in [5, 5.41) is 4.22. The molecule has 6 nitrogen and oxygen atoms in total. The van der Waals surface area contributed by atoms with Crippen LogP contribution in [0.15, 0.2) is 41.6 Å². The van der Waals surface area contributed by atoms with Gasteiger partial charge in [0.15, 0.2) is 10.8 Å². The molecule has 116 valence electrons. The molecule has 0 spiro atoms. The Labute approximate surface area is 128 Å². The first-order valence-electron chi connectivity index (χ1n) is 5.81. The molecule has 1 fully saturated rings. The Kier molecular flexibility index (Phi) is 4.04. The van der Waals surface area contributed by atoms with Crippen LogP contribution >= 0.6 is 12.2 Å². The first-order valence-corrected chi connectivity index (χ1v) is 6.22. The predicted molar refractivity (Wildman–Crippen MR) is 78.4 cm³/mol.